The Morgan fingerprint density at radius 1 is 0.500 bits per heavy atom. The molecule has 5 rings (SSSR count). The van der Waals surface area contributed by atoms with Crippen molar-refractivity contribution in [2.45, 2.75) is 24.9 Å². The number of hydrogen-bond donors (Lipinski definition) is 0. The van der Waals surface area contributed by atoms with E-state index in [1.807, 2.05) is 30.3 Å². The second-order valence-electron chi connectivity index (χ2n) is 9.76. The van der Waals surface area contributed by atoms with Gasteiger partial charge in [-0.25, -0.2) is 14.4 Å². The third-order valence-corrected chi connectivity index (χ3v) is 6.80. The van der Waals surface area contributed by atoms with Crippen LogP contribution in [0.4, 0.5) is 0 Å². The van der Waals surface area contributed by atoms with Crippen LogP contribution in [0.1, 0.15) is 36.6 Å². The largest absolute Gasteiger partial charge is 0.454 e. The first kappa shape index (κ1) is 28.5. The summed E-state index contributed by atoms with van der Waals surface area (Å²) in [6.45, 7) is 0.502. The number of benzene rings is 4. The summed E-state index contributed by atoms with van der Waals surface area (Å²) in [6.07, 6.45) is 0.258. The molecule has 0 unspecified atom stereocenters. The Labute approximate surface area is 244 Å². The van der Waals surface area contributed by atoms with Crippen molar-refractivity contribution in [1.82, 2.24) is 0 Å². The predicted molar refractivity (Wildman–Crippen MR) is 156 cm³/mol. The Morgan fingerprint density at radius 3 is 1.43 bits per heavy atom. The first-order valence-electron chi connectivity index (χ1n) is 13.7. The lowest BCUT2D eigenvalue weighted by Crippen LogP contribution is -2.51. The molecule has 0 radical (unpaired) electrons. The number of carbonyl (C=O) groups is 3. The number of hydrogen-bond acceptors (Lipinski definition) is 7. The zero-order valence-electron chi connectivity index (χ0n) is 22.8. The van der Waals surface area contributed by atoms with E-state index in [1.54, 1.807) is 103 Å². The molecule has 0 fully saturated rings. The molecule has 0 N–H and O–H groups in total. The zero-order chi connectivity index (χ0) is 29.1. The fraction of sp³-hybridized carbons (Fsp3) is 0.171. The second-order valence-corrected chi connectivity index (χ2v) is 9.76. The molecule has 0 saturated heterocycles. The predicted octanol–water partition coefficient (Wildman–Crippen LogP) is 6.07. The first-order chi connectivity index (χ1) is 20.6. The van der Waals surface area contributed by atoms with Crippen LogP contribution in [-0.4, -0.2) is 42.8 Å². The molecule has 7 nitrogen and oxygen atoms in total. The van der Waals surface area contributed by atoms with E-state index in [2.05, 4.69) is 0 Å². The average Bonchev–Trinajstić information content (AvgIpc) is 3.05. The van der Waals surface area contributed by atoms with Gasteiger partial charge in [0.1, 0.15) is 0 Å². The molecule has 0 aromatic heterocycles. The minimum Gasteiger partial charge on any atom is -0.454 e. The number of esters is 3. The van der Waals surface area contributed by atoms with Crippen LogP contribution in [0.25, 0.3) is 0 Å². The fourth-order valence-corrected chi connectivity index (χ4v) is 4.63. The number of rotatable bonds is 10. The molecule has 212 valence electrons. The molecule has 0 saturated carbocycles. The van der Waals surface area contributed by atoms with Gasteiger partial charge < -0.3 is 18.9 Å². The third-order valence-electron chi connectivity index (χ3n) is 6.80. The summed E-state index contributed by atoms with van der Waals surface area (Å²) in [5.74, 6) is -2.33. The van der Waals surface area contributed by atoms with E-state index in [1.165, 1.54) is 0 Å². The maximum Gasteiger partial charge on any atom is 0.338 e. The fourth-order valence-electron chi connectivity index (χ4n) is 4.63. The maximum atomic E-state index is 13.3. The molecular weight excluding hydrogens is 532 g/mol. The van der Waals surface area contributed by atoms with E-state index < -0.39 is 42.1 Å². The van der Waals surface area contributed by atoms with Crippen LogP contribution in [-0.2, 0) is 25.6 Å². The molecule has 42 heavy (non-hydrogen) atoms. The number of carbonyl (C=O) groups excluding carboxylic acids is 3. The van der Waals surface area contributed by atoms with Gasteiger partial charge in [0.05, 0.1) is 29.9 Å². The van der Waals surface area contributed by atoms with E-state index in [9.17, 15) is 14.4 Å². The van der Waals surface area contributed by atoms with Crippen molar-refractivity contribution < 1.29 is 33.3 Å². The minimum absolute atomic E-state index is 0.164. The van der Waals surface area contributed by atoms with Crippen LogP contribution in [0, 0.1) is 5.92 Å². The van der Waals surface area contributed by atoms with E-state index in [-0.39, 0.29) is 6.61 Å². The van der Waals surface area contributed by atoms with Gasteiger partial charge in [-0.3, -0.25) is 0 Å². The van der Waals surface area contributed by atoms with Crippen LogP contribution in [0.15, 0.2) is 133 Å². The van der Waals surface area contributed by atoms with Crippen molar-refractivity contribution in [1.29, 1.82) is 0 Å². The van der Waals surface area contributed by atoms with Crippen LogP contribution < -0.4 is 0 Å². The highest BCUT2D eigenvalue weighted by molar-refractivity contribution is 5.91. The third kappa shape index (κ3) is 7.38. The van der Waals surface area contributed by atoms with Gasteiger partial charge in [0.2, 0.25) is 0 Å². The van der Waals surface area contributed by atoms with E-state index in [4.69, 9.17) is 18.9 Å². The summed E-state index contributed by atoms with van der Waals surface area (Å²) in [7, 11) is 0. The van der Waals surface area contributed by atoms with Gasteiger partial charge in [0.25, 0.3) is 0 Å². The molecule has 0 spiro atoms. The molecule has 1 aliphatic rings. The maximum absolute atomic E-state index is 13.3. The van der Waals surface area contributed by atoms with Crippen molar-refractivity contribution in [2.24, 2.45) is 5.92 Å². The summed E-state index contributed by atoms with van der Waals surface area (Å²) >= 11 is 0. The Bertz CT molecular complexity index is 1490. The quantitative estimate of drug-likeness (QED) is 0.132. The zero-order valence-corrected chi connectivity index (χ0v) is 22.8. The molecule has 0 amide bonds. The van der Waals surface area contributed by atoms with Gasteiger partial charge >= 0.3 is 17.9 Å². The van der Waals surface area contributed by atoms with Crippen molar-refractivity contribution in [3.8, 4) is 0 Å². The molecular formula is C35H30O7. The van der Waals surface area contributed by atoms with Crippen molar-refractivity contribution in [2.75, 3.05) is 6.61 Å². The Balaban J connectivity index is 1.44. The van der Waals surface area contributed by atoms with E-state index >= 15 is 0 Å². The summed E-state index contributed by atoms with van der Waals surface area (Å²) in [4.78, 5) is 39.6. The van der Waals surface area contributed by atoms with Crippen LogP contribution in [0.2, 0.25) is 0 Å². The Morgan fingerprint density at radius 2 is 0.929 bits per heavy atom. The normalized spacial score (nSPS) is 19.4. The lowest BCUT2D eigenvalue weighted by atomic mass is 9.88. The van der Waals surface area contributed by atoms with E-state index in [0.29, 0.717) is 23.3 Å². The SMILES string of the molecule is O=C(O[C@@H]1[C@@H](OC(=O)c2ccccc2)[C@H](OC(=O)c2ccccc2)C=C[C@H]1COCc1ccccc1)c1ccccc1. The summed E-state index contributed by atoms with van der Waals surface area (Å²) < 4.78 is 23.8. The highest BCUT2D eigenvalue weighted by Crippen LogP contribution is 2.30. The van der Waals surface area contributed by atoms with Crippen LogP contribution >= 0.6 is 0 Å². The molecule has 0 bridgehead atoms. The summed E-state index contributed by atoms with van der Waals surface area (Å²) in [5.41, 5.74) is 1.97. The summed E-state index contributed by atoms with van der Waals surface area (Å²) in [5, 5.41) is 0. The van der Waals surface area contributed by atoms with Gasteiger partial charge in [-0.15, -0.1) is 0 Å². The summed E-state index contributed by atoms with van der Waals surface area (Å²) in [6, 6.07) is 35.2. The highest BCUT2D eigenvalue weighted by atomic mass is 16.6. The van der Waals surface area contributed by atoms with Crippen molar-refractivity contribution in [3.63, 3.8) is 0 Å². The topological polar surface area (TPSA) is 88.1 Å². The van der Waals surface area contributed by atoms with Gasteiger partial charge in [-0.2, -0.15) is 0 Å². The highest BCUT2D eigenvalue weighted by Gasteiger charge is 2.44. The average molecular weight is 563 g/mol. The lowest BCUT2D eigenvalue weighted by molar-refractivity contribution is -0.101. The molecule has 4 aromatic carbocycles. The monoisotopic (exact) mass is 562 g/mol. The lowest BCUT2D eigenvalue weighted by Gasteiger charge is -2.37. The van der Waals surface area contributed by atoms with Gasteiger partial charge in [-0.1, -0.05) is 91.0 Å². The second kappa shape index (κ2) is 14.1. The molecule has 0 aliphatic heterocycles. The Kier molecular flexibility index (Phi) is 9.54. The van der Waals surface area contributed by atoms with Crippen LogP contribution in [0.3, 0.4) is 0 Å². The van der Waals surface area contributed by atoms with Crippen molar-refractivity contribution in [3.05, 3.63) is 156 Å². The van der Waals surface area contributed by atoms with E-state index in [0.717, 1.165) is 5.56 Å². The number of ether oxygens (including phenoxy) is 4. The van der Waals surface area contributed by atoms with Gasteiger partial charge in [-0.05, 0) is 48.0 Å². The smallest absolute Gasteiger partial charge is 0.338 e. The standard InChI is InChI=1S/C35H30O7/c36-33(26-15-7-2-8-16-26)40-30-22-21-29(24-39-23-25-13-5-1-6-14-25)31(41-34(37)27-17-9-3-10-18-27)32(30)42-35(38)28-19-11-4-12-20-28/h1-22,29-32H,23-24H2/t29-,30+,31-,32-/m0/s1. The van der Waals surface area contributed by atoms with Gasteiger partial charge in [0, 0.05) is 5.92 Å². The molecule has 1 aliphatic carbocycles. The van der Waals surface area contributed by atoms with Crippen LogP contribution in [0.5, 0.6) is 0 Å². The molecule has 0 heterocycles. The minimum atomic E-state index is -1.15. The Hall–Kier alpha value is -5.01. The first-order valence-corrected chi connectivity index (χ1v) is 13.7. The van der Waals surface area contributed by atoms with Gasteiger partial charge in [0.15, 0.2) is 18.3 Å². The molecule has 4 atom stereocenters. The molecule has 4 aromatic rings. The molecule has 7 heteroatoms. The van der Waals surface area contributed by atoms with Crippen molar-refractivity contribution >= 4 is 17.9 Å².